The average Bonchev–Trinajstić information content (AvgIpc) is 2.47. The Hall–Kier alpha value is -2.86. The lowest BCUT2D eigenvalue weighted by molar-refractivity contribution is 1.39. The predicted molar refractivity (Wildman–Crippen MR) is 74.7 cm³/mol. The van der Waals surface area contributed by atoms with Gasteiger partial charge >= 0.3 is 0 Å². The molecule has 0 spiro atoms. The molecule has 0 radical (unpaired) electrons. The Morgan fingerprint density at radius 1 is 1.00 bits per heavy atom. The van der Waals surface area contributed by atoms with E-state index in [1.54, 1.807) is 24.4 Å². The van der Waals surface area contributed by atoms with Gasteiger partial charge in [-0.2, -0.15) is 5.26 Å². The van der Waals surface area contributed by atoms with Gasteiger partial charge in [0, 0.05) is 23.2 Å². The molecule has 0 saturated carbocycles. The highest BCUT2D eigenvalue weighted by atomic mass is 16.1. The minimum absolute atomic E-state index is 0.00393. The number of nitriles is 1. The first-order valence-corrected chi connectivity index (χ1v) is 5.90. The van der Waals surface area contributed by atoms with Gasteiger partial charge in [-0.05, 0) is 23.8 Å². The van der Waals surface area contributed by atoms with Crippen LogP contribution >= 0.6 is 0 Å². The molecule has 0 unspecified atom stereocenters. The van der Waals surface area contributed by atoms with Crippen LogP contribution < -0.4 is 5.43 Å². The maximum absolute atomic E-state index is 11.8. The van der Waals surface area contributed by atoms with Crippen LogP contribution in [-0.4, -0.2) is 4.98 Å². The van der Waals surface area contributed by atoms with Gasteiger partial charge in [0.15, 0.2) is 5.43 Å². The van der Waals surface area contributed by atoms with Gasteiger partial charge < -0.3 is 4.98 Å². The van der Waals surface area contributed by atoms with E-state index in [9.17, 15) is 4.79 Å². The topological polar surface area (TPSA) is 56.6 Å². The van der Waals surface area contributed by atoms with Crippen molar-refractivity contribution in [2.75, 3.05) is 0 Å². The monoisotopic (exact) mass is 246 g/mol. The van der Waals surface area contributed by atoms with E-state index in [0.717, 1.165) is 16.6 Å². The Labute approximate surface area is 109 Å². The minimum atomic E-state index is 0.00393. The Kier molecular flexibility index (Phi) is 2.62. The Bertz CT molecular complexity index is 839. The van der Waals surface area contributed by atoms with Crippen molar-refractivity contribution in [3.63, 3.8) is 0 Å². The second-order valence-electron chi connectivity index (χ2n) is 4.26. The fraction of sp³-hybridized carbons (Fsp3) is 0. The molecular formula is C16H10N2O. The van der Waals surface area contributed by atoms with E-state index in [0.29, 0.717) is 10.9 Å². The first-order valence-electron chi connectivity index (χ1n) is 5.90. The van der Waals surface area contributed by atoms with Gasteiger partial charge in [0.05, 0.1) is 17.1 Å². The number of fused-ring (bicyclic) bond motifs is 1. The van der Waals surface area contributed by atoms with Crippen LogP contribution in [0, 0.1) is 11.3 Å². The van der Waals surface area contributed by atoms with Crippen molar-refractivity contribution < 1.29 is 0 Å². The highest BCUT2D eigenvalue weighted by molar-refractivity contribution is 5.93. The summed E-state index contributed by atoms with van der Waals surface area (Å²) < 4.78 is 0. The highest BCUT2D eigenvalue weighted by Crippen LogP contribution is 2.25. The molecule has 1 aromatic heterocycles. The van der Waals surface area contributed by atoms with Crippen LogP contribution in [0.5, 0.6) is 0 Å². The number of benzene rings is 2. The van der Waals surface area contributed by atoms with E-state index < -0.39 is 0 Å². The smallest absolute Gasteiger partial charge is 0.189 e. The van der Waals surface area contributed by atoms with Gasteiger partial charge in [0.1, 0.15) is 0 Å². The summed E-state index contributed by atoms with van der Waals surface area (Å²) in [6.07, 6.45) is 1.65. The molecule has 19 heavy (non-hydrogen) atoms. The summed E-state index contributed by atoms with van der Waals surface area (Å²) in [6, 6.07) is 16.6. The molecule has 90 valence electrons. The third-order valence-corrected chi connectivity index (χ3v) is 3.12. The largest absolute Gasteiger partial charge is 0.360 e. The van der Waals surface area contributed by atoms with E-state index in [4.69, 9.17) is 5.26 Å². The lowest BCUT2D eigenvalue weighted by Gasteiger charge is -2.06. The molecule has 1 heterocycles. The Morgan fingerprint density at radius 2 is 1.79 bits per heavy atom. The molecule has 0 amide bonds. The van der Waals surface area contributed by atoms with Gasteiger partial charge in [-0.25, -0.2) is 0 Å². The Morgan fingerprint density at radius 3 is 2.53 bits per heavy atom. The molecule has 0 aliphatic heterocycles. The maximum Gasteiger partial charge on any atom is 0.189 e. The first kappa shape index (κ1) is 11.2. The molecule has 0 aliphatic carbocycles. The molecule has 0 fully saturated rings. The van der Waals surface area contributed by atoms with Crippen molar-refractivity contribution in [1.29, 1.82) is 5.26 Å². The molecule has 3 heteroatoms. The van der Waals surface area contributed by atoms with Crippen LogP contribution in [0.25, 0.3) is 22.0 Å². The van der Waals surface area contributed by atoms with E-state index in [-0.39, 0.29) is 5.43 Å². The summed E-state index contributed by atoms with van der Waals surface area (Å²) in [6.45, 7) is 0. The molecule has 1 N–H and O–H groups in total. The quantitative estimate of drug-likeness (QED) is 0.717. The molecular weight excluding hydrogens is 236 g/mol. The maximum atomic E-state index is 11.8. The zero-order chi connectivity index (χ0) is 13.2. The van der Waals surface area contributed by atoms with Crippen molar-refractivity contribution in [2.45, 2.75) is 0 Å². The third kappa shape index (κ3) is 1.90. The van der Waals surface area contributed by atoms with Gasteiger partial charge in [-0.15, -0.1) is 0 Å². The molecule has 3 aromatic rings. The molecule has 2 aromatic carbocycles. The normalized spacial score (nSPS) is 10.3. The van der Waals surface area contributed by atoms with Crippen molar-refractivity contribution in [3.05, 3.63) is 70.5 Å². The SMILES string of the molecule is N#Cc1ccc(-c2cccc3c(=O)cc[nH]c23)cc1. The average molecular weight is 246 g/mol. The van der Waals surface area contributed by atoms with Crippen LogP contribution in [0.3, 0.4) is 0 Å². The van der Waals surface area contributed by atoms with Gasteiger partial charge in [-0.1, -0.05) is 24.3 Å². The molecule has 3 rings (SSSR count). The number of rotatable bonds is 1. The summed E-state index contributed by atoms with van der Waals surface area (Å²) in [5.41, 5.74) is 3.38. The number of aromatic nitrogens is 1. The number of nitrogens with one attached hydrogen (secondary N) is 1. The number of nitrogens with zero attached hydrogens (tertiary/aromatic N) is 1. The van der Waals surface area contributed by atoms with Crippen molar-refractivity contribution in [2.24, 2.45) is 0 Å². The van der Waals surface area contributed by atoms with Crippen LogP contribution in [0.4, 0.5) is 0 Å². The second-order valence-corrected chi connectivity index (χ2v) is 4.26. The second kappa shape index (κ2) is 4.43. The number of aromatic amines is 1. The summed E-state index contributed by atoms with van der Waals surface area (Å²) in [5.74, 6) is 0. The van der Waals surface area contributed by atoms with Gasteiger partial charge in [0.2, 0.25) is 0 Å². The van der Waals surface area contributed by atoms with Crippen molar-refractivity contribution >= 4 is 10.9 Å². The zero-order valence-electron chi connectivity index (χ0n) is 10.1. The fourth-order valence-electron chi connectivity index (χ4n) is 2.17. The Balaban J connectivity index is 2.28. The molecule has 0 bridgehead atoms. The number of H-pyrrole nitrogens is 1. The molecule has 0 atom stereocenters. The predicted octanol–water partition coefficient (Wildman–Crippen LogP) is 3.07. The van der Waals surface area contributed by atoms with Gasteiger partial charge in [0.25, 0.3) is 0 Å². The van der Waals surface area contributed by atoms with E-state index >= 15 is 0 Å². The zero-order valence-corrected chi connectivity index (χ0v) is 10.1. The van der Waals surface area contributed by atoms with Crippen molar-refractivity contribution in [1.82, 2.24) is 4.98 Å². The first-order chi connectivity index (χ1) is 9.29. The summed E-state index contributed by atoms with van der Waals surface area (Å²) in [7, 11) is 0. The van der Waals surface area contributed by atoms with Crippen LogP contribution in [0.2, 0.25) is 0 Å². The van der Waals surface area contributed by atoms with E-state index in [1.807, 2.05) is 24.3 Å². The standard InChI is InChI=1S/C16H10N2O/c17-10-11-4-6-12(7-5-11)13-2-1-3-14-15(19)8-9-18-16(13)14/h1-9H,(H,18,19). The minimum Gasteiger partial charge on any atom is -0.360 e. The van der Waals surface area contributed by atoms with Crippen LogP contribution in [0.1, 0.15) is 5.56 Å². The summed E-state index contributed by atoms with van der Waals surface area (Å²) in [4.78, 5) is 14.9. The van der Waals surface area contributed by atoms with Crippen LogP contribution in [0.15, 0.2) is 59.5 Å². The van der Waals surface area contributed by atoms with Crippen molar-refractivity contribution in [3.8, 4) is 17.2 Å². The highest BCUT2D eigenvalue weighted by Gasteiger charge is 2.05. The van der Waals surface area contributed by atoms with E-state index in [1.165, 1.54) is 6.07 Å². The lowest BCUT2D eigenvalue weighted by Crippen LogP contribution is -2.00. The lowest BCUT2D eigenvalue weighted by atomic mass is 10.0. The number of para-hydroxylation sites is 1. The number of pyridine rings is 1. The van der Waals surface area contributed by atoms with Crippen LogP contribution in [-0.2, 0) is 0 Å². The molecule has 0 aliphatic rings. The van der Waals surface area contributed by atoms with Gasteiger partial charge in [-0.3, -0.25) is 4.79 Å². The number of hydrogen-bond acceptors (Lipinski definition) is 2. The summed E-state index contributed by atoms with van der Waals surface area (Å²) in [5, 5.41) is 9.48. The molecule has 0 saturated heterocycles. The third-order valence-electron chi connectivity index (χ3n) is 3.12. The number of hydrogen-bond donors (Lipinski definition) is 1. The summed E-state index contributed by atoms with van der Waals surface area (Å²) >= 11 is 0. The fourth-order valence-corrected chi connectivity index (χ4v) is 2.17. The van der Waals surface area contributed by atoms with E-state index in [2.05, 4.69) is 11.1 Å². The molecule has 3 nitrogen and oxygen atoms in total.